The highest BCUT2D eigenvalue weighted by molar-refractivity contribution is 7.86. The molecule has 0 atom stereocenters. The van der Waals surface area contributed by atoms with Crippen LogP contribution in [-0.2, 0) is 20.2 Å². The molecule has 26 heavy (non-hydrogen) atoms. The number of benzene rings is 2. The molecule has 0 amide bonds. The van der Waals surface area contributed by atoms with Crippen molar-refractivity contribution < 1.29 is 25.9 Å². The van der Waals surface area contributed by atoms with Gasteiger partial charge in [-0.15, -0.1) is 0 Å². The Hall–Kier alpha value is -2.40. The summed E-state index contributed by atoms with van der Waals surface area (Å²) in [7, 11) is -9.13. The van der Waals surface area contributed by atoms with Gasteiger partial charge in [-0.2, -0.15) is 16.8 Å². The smallest absolute Gasteiger partial charge is 0.295 e. The van der Waals surface area contributed by atoms with E-state index in [-0.39, 0.29) is 43.4 Å². The van der Waals surface area contributed by atoms with E-state index in [1.165, 1.54) is 50.3 Å². The van der Waals surface area contributed by atoms with E-state index in [4.69, 9.17) is 11.5 Å². The molecule has 0 unspecified atom stereocenters. The first kappa shape index (κ1) is 19.9. The highest BCUT2D eigenvalue weighted by Gasteiger charge is 2.21. The lowest BCUT2D eigenvalue weighted by Crippen LogP contribution is -2.07. The van der Waals surface area contributed by atoms with Crippen molar-refractivity contribution in [2.75, 3.05) is 11.5 Å². The second-order valence-corrected chi connectivity index (χ2v) is 8.40. The molecule has 140 valence electrons. The lowest BCUT2D eigenvalue weighted by Gasteiger charge is -2.11. The van der Waals surface area contributed by atoms with E-state index in [0.717, 1.165) is 0 Å². The molecule has 0 spiro atoms. The minimum Gasteiger partial charge on any atom is -0.398 e. The van der Waals surface area contributed by atoms with E-state index in [9.17, 15) is 25.9 Å². The molecule has 0 aliphatic carbocycles. The van der Waals surface area contributed by atoms with Gasteiger partial charge in [-0.1, -0.05) is 24.3 Å². The zero-order chi connectivity index (χ0) is 19.9. The van der Waals surface area contributed by atoms with E-state index < -0.39 is 20.2 Å². The number of hydrogen-bond acceptors (Lipinski definition) is 6. The van der Waals surface area contributed by atoms with Gasteiger partial charge in [0.1, 0.15) is 9.79 Å². The summed E-state index contributed by atoms with van der Waals surface area (Å²) < 4.78 is 65.6. The van der Waals surface area contributed by atoms with Gasteiger partial charge in [0.15, 0.2) is 0 Å². The van der Waals surface area contributed by atoms with Gasteiger partial charge in [0, 0.05) is 11.4 Å². The fraction of sp³-hybridized carbons (Fsp3) is 0.125. The van der Waals surface area contributed by atoms with Crippen LogP contribution < -0.4 is 11.5 Å². The fourth-order valence-corrected chi connectivity index (χ4v) is 4.46. The topological polar surface area (TPSA) is 161 Å². The molecule has 0 fully saturated rings. The standard InChI is InChI=1S/C16H18N2O6S2/c1-9-13(17)7-5-11(15(9)25(19,20)21)3-4-12-6-8-14(18)10(2)16(12)26(22,23)24/h3-8H,17-18H2,1-2H3,(H,19,20,21)(H,22,23,24)/b4-3+. The lowest BCUT2D eigenvalue weighted by molar-refractivity contribution is 0.480. The first-order valence-corrected chi connectivity index (χ1v) is 10.1. The van der Waals surface area contributed by atoms with Crippen LogP contribution in [-0.4, -0.2) is 25.9 Å². The fourth-order valence-electron chi connectivity index (χ4n) is 2.58. The van der Waals surface area contributed by atoms with Gasteiger partial charge in [0.25, 0.3) is 20.2 Å². The van der Waals surface area contributed by atoms with E-state index >= 15 is 0 Å². The molecule has 6 N–H and O–H groups in total. The summed E-state index contributed by atoms with van der Waals surface area (Å²) in [4.78, 5) is -0.761. The first-order valence-electron chi connectivity index (χ1n) is 7.25. The lowest BCUT2D eigenvalue weighted by atomic mass is 10.1. The third-order valence-corrected chi connectivity index (χ3v) is 6.03. The average Bonchev–Trinajstić information content (AvgIpc) is 2.49. The van der Waals surface area contributed by atoms with Crippen LogP contribution in [0.15, 0.2) is 34.1 Å². The quantitative estimate of drug-likeness (QED) is 0.346. The van der Waals surface area contributed by atoms with E-state index in [1.54, 1.807) is 0 Å². The molecule has 0 saturated heterocycles. The van der Waals surface area contributed by atoms with E-state index in [1.807, 2.05) is 0 Å². The van der Waals surface area contributed by atoms with Crippen LogP contribution >= 0.6 is 0 Å². The molecule has 2 aromatic rings. The minimum absolute atomic E-state index is 0.106. The van der Waals surface area contributed by atoms with Crippen molar-refractivity contribution in [3.63, 3.8) is 0 Å². The predicted octanol–water partition coefficient (Wildman–Crippen LogP) is 2.13. The van der Waals surface area contributed by atoms with Gasteiger partial charge >= 0.3 is 0 Å². The Balaban J connectivity index is 2.71. The van der Waals surface area contributed by atoms with Crippen LogP contribution in [0.4, 0.5) is 11.4 Å². The first-order chi connectivity index (χ1) is 11.8. The van der Waals surface area contributed by atoms with Gasteiger partial charge in [0.05, 0.1) is 0 Å². The van der Waals surface area contributed by atoms with Crippen molar-refractivity contribution in [2.24, 2.45) is 0 Å². The van der Waals surface area contributed by atoms with Crippen molar-refractivity contribution in [1.82, 2.24) is 0 Å². The molecule has 0 aromatic heterocycles. The Kier molecular flexibility index (Phi) is 5.15. The summed E-state index contributed by atoms with van der Waals surface area (Å²) in [5.74, 6) is 0. The molecule has 0 aliphatic heterocycles. The maximum Gasteiger partial charge on any atom is 0.295 e. The summed E-state index contributed by atoms with van der Waals surface area (Å²) in [6, 6.07) is 5.67. The van der Waals surface area contributed by atoms with Gasteiger partial charge in [-0.05, 0) is 48.2 Å². The number of nitrogen functional groups attached to an aromatic ring is 2. The number of nitrogens with two attached hydrogens (primary N) is 2. The van der Waals surface area contributed by atoms with E-state index in [0.29, 0.717) is 0 Å². The molecule has 2 aromatic carbocycles. The van der Waals surface area contributed by atoms with Crippen LogP contribution in [0.3, 0.4) is 0 Å². The zero-order valence-electron chi connectivity index (χ0n) is 14.0. The second kappa shape index (κ2) is 6.72. The van der Waals surface area contributed by atoms with Crippen molar-refractivity contribution in [1.29, 1.82) is 0 Å². The Bertz CT molecular complexity index is 1030. The van der Waals surface area contributed by atoms with E-state index in [2.05, 4.69) is 0 Å². The summed E-state index contributed by atoms with van der Waals surface area (Å²) in [6.07, 6.45) is 2.60. The summed E-state index contributed by atoms with van der Waals surface area (Å²) in [5.41, 5.74) is 12.3. The molecule has 0 radical (unpaired) electrons. The number of hydrogen-bond donors (Lipinski definition) is 4. The Labute approximate surface area is 151 Å². The highest BCUT2D eigenvalue weighted by Crippen LogP contribution is 2.29. The van der Waals surface area contributed by atoms with Gasteiger partial charge < -0.3 is 11.5 Å². The second-order valence-electron chi connectivity index (χ2n) is 5.68. The molecule has 8 nitrogen and oxygen atoms in total. The zero-order valence-corrected chi connectivity index (χ0v) is 15.6. The Morgan fingerprint density at radius 3 is 1.31 bits per heavy atom. The van der Waals surface area contributed by atoms with Crippen molar-refractivity contribution in [3.8, 4) is 0 Å². The van der Waals surface area contributed by atoms with Gasteiger partial charge in [0.2, 0.25) is 0 Å². The monoisotopic (exact) mass is 398 g/mol. The molecule has 0 saturated carbocycles. The molecular weight excluding hydrogens is 380 g/mol. The summed E-state index contributed by atoms with van der Waals surface area (Å²) in [6.45, 7) is 2.87. The van der Waals surface area contributed by atoms with Crippen LogP contribution in [0.25, 0.3) is 12.2 Å². The van der Waals surface area contributed by atoms with Crippen molar-refractivity contribution in [3.05, 3.63) is 46.5 Å². The summed E-state index contributed by atoms with van der Waals surface area (Å²) in [5, 5.41) is 0. The van der Waals surface area contributed by atoms with Crippen LogP contribution in [0.2, 0.25) is 0 Å². The summed E-state index contributed by atoms with van der Waals surface area (Å²) >= 11 is 0. The van der Waals surface area contributed by atoms with Gasteiger partial charge in [-0.25, -0.2) is 0 Å². The number of anilines is 2. The minimum atomic E-state index is -4.56. The van der Waals surface area contributed by atoms with Crippen LogP contribution in [0.1, 0.15) is 22.3 Å². The Morgan fingerprint density at radius 2 is 1.04 bits per heavy atom. The molecule has 10 heteroatoms. The molecule has 0 heterocycles. The third-order valence-electron chi connectivity index (χ3n) is 3.91. The van der Waals surface area contributed by atoms with Crippen molar-refractivity contribution >= 4 is 43.8 Å². The SMILES string of the molecule is Cc1c(N)ccc(/C=C/c2ccc(N)c(C)c2S(=O)(=O)O)c1S(=O)(=O)O. The van der Waals surface area contributed by atoms with Crippen molar-refractivity contribution in [2.45, 2.75) is 23.6 Å². The maximum atomic E-state index is 11.7. The normalized spacial score (nSPS) is 12.6. The average molecular weight is 398 g/mol. The maximum absolute atomic E-state index is 11.7. The number of rotatable bonds is 4. The third kappa shape index (κ3) is 3.88. The van der Waals surface area contributed by atoms with Crippen LogP contribution in [0, 0.1) is 13.8 Å². The highest BCUT2D eigenvalue weighted by atomic mass is 32.2. The van der Waals surface area contributed by atoms with Gasteiger partial charge in [-0.3, -0.25) is 9.11 Å². The molecule has 0 bridgehead atoms. The predicted molar refractivity (Wildman–Crippen MR) is 99.7 cm³/mol. The molecular formula is C16H18N2O6S2. The van der Waals surface area contributed by atoms with Crippen LogP contribution in [0.5, 0.6) is 0 Å². The largest absolute Gasteiger partial charge is 0.398 e. The molecule has 2 rings (SSSR count). The molecule has 0 aliphatic rings. The Morgan fingerprint density at radius 1 is 0.731 bits per heavy atom.